The smallest absolute Gasteiger partial charge is 0.303 e. The molecule has 0 spiro atoms. The number of carboxylic acid groups (broad SMARTS) is 1. The number of benzene rings is 1. The number of nitrogens with two attached hydrogens (primary N) is 1. The summed E-state index contributed by atoms with van der Waals surface area (Å²) in [6.07, 6.45) is -0.284. The Balaban J connectivity index is 2.83. The molecule has 0 saturated carbocycles. The molecule has 1 aromatic carbocycles. The molecule has 0 aliphatic rings. The first-order chi connectivity index (χ1) is 9.21. The van der Waals surface area contributed by atoms with Gasteiger partial charge in [0.1, 0.15) is 0 Å². The van der Waals surface area contributed by atoms with Crippen LogP contribution < -0.4 is 10.5 Å². The first kappa shape index (κ1) is 16.3. The van der Waals surface area contributed by atoms with Crippen LogP contribution in [0.2, 0.25) is 5.02 Å². The van der Waals surface area contributed by atoms with Crippen LogP contribution in [0.5, 0.6) is 0 Å². The Kier molecular flexibility index (Phi) is 5.34. The number of hydrogen-bond donors (Lipinski definition) is 3. The number of anilines is 1. The molecule has 0 atom stereocenters. The number of amides is 1. The minimum absolute atomic E-state index is 0.0262. The van der Waals surface area contributed by atoms with Gasteiger partial charge < -0.3 is 10.8 Å². The summed E-state index contributed by atoms with van der Waals surface area (Å²) in [7, 11) is -3.75. The molecule has 0 aliphatic heterocycles. The quantitative estimate of drug-likeness (QED) is 0.692. The molecule has 0 saturated heterocycles. The molecule has 1 rings (SSSR count). The highest BCUT2D eigenvalue weighted by Crippen LogP contribution is 2.24. The minimum atomic E-state index is -3.75. The molecule has 7 nitrogen and oxygen atoms in total. The molecule has 0 heterocycles. The van der Waals surface area contributed by atoms with Crippen molar-refractivity contribution in [2.75, 3.05) is 10.5 Å². The number of carbonyl (C=O) groups is 2. The predicted molar refractivity (Wildman–Crippen MR) is 74.2 cm³/mol. The van der Waals surface area contributed by atoms with Crippen LogP contribution in [0.1, 0.15) is 23.2 Å². The molecule has 0 aromatic heterocycles. The van der Waals surface area contributed by atoms with Crippen LogP contribution in [0, 0.1) is 0 Å². The second-order valence-electron chi connectivity index (χ2n) is 3.98. The molecule has 1 aromatic rings. The second-order valence-corrected chi connectivity index (χ2v) is 6.23. The van der Waals surface area contributed by atoms with Crippen molar-refractivity contribution in [3.63, 3.8) is 0 Å². The number of carboxylic acids is 1. The third-order valence-corrected chi connectivity index (χ3v) is 4.01. The summed E-state index contributed by atoms with van der Waals surface area (Å²) in [6.45, 7) is 0. The van der Waals surface area contributed by atoms with E-state index in [2.05, 4.69) is 4.72 Å². The zero-order chi connectivity index (χ0) is 15.3. The number of halogens is 1. The second kappa shape index (κ2) is 6.58. The number of hydrogen-bond acceptors (Lipinski definition) is 4. The van der Waals surface area contributed by atoms with Gasteiger partial charge in [0.05, 0.1) is 16.5 Å². The molecule has 0 radical (unpaired) electrons. The van der Waals surface area contributed by atoms with Gasteiger partial charge in [0.15, 0.2) is 0 Å². The third-order valence-electron chi connectivity index (χ3n) is 2.32. The summed E-state index contributed by atoms with van der Waals surface area (Å²) in [6, 6.07) is 3.93. The fourth-order valence-electron chi connectivity index (χ4n) is 1.39. The number of nitrogens with one attached hydrogen (secondary N) is 1. The molecule has 9 heteroatoms. The summed E-state index contributed by atoms with van der Waals surface area (Å²) in [5, 5.41) is 8.56. The van der Waals surface area contributed by atoms with E-state index in [-0.39, 0.29) is 34.9 Å². The number of aliphatic carboxylic acids is 1. The van der Waals surface area contributed by atoms with Gasteiger partial charge >= 0.3 is 5.97 Å². The molecule has 0 bridgehead atoms. The highest BCUT2D eigenvalue weighted by Gasteiger charge is 2.14. The molecule has 0 fully saturated rings. The van der Waals surface area contributed by atoms with Gasteiger partial charge in [-0.05, 0) is 24.6 Å². The first-order valence-corrected chi connectivity index (χ1v) is 7.56. The average Bonchev–Trinajstić information content (AvgIpc) is 2.30. The first-order valence-electron chi connectivity index (χ1n) is 5.53. The summed E-state index contributed by atoms with van der Waals surface area (Å²) >= 11 is 5.82. The molecule has 110 valence electrons. The fraction of sp³-hybridized carbons (Fsp3) is 0.273. The van der Waals surface area contributed by atoms with Crippen LogP contribution >= 0.6 is 11.6 Å². The molecule has 20 heavy (non-hydrogen) atoms. The maximum Gasteiger partial charge on any atom is 0.303 e. The zero-order valence-electron chi connectivity index (χ0n) is 10.3. The van der Waals surface area contributed by atoms with Crippen molar-refractivity contribution in [2.45, 2.75) is 12.8 Å². The van der Waals surface area contributed by atoms with Gasteiger partial charge in [0.25, 0.3) is 0 Å². The highest BCUT2D eigenvalue weighted by molar-refractivity contribution is 7.92. The predicted octanol–water partition coefficient (Wildman–Crippen LogP) is 1.05. The summed E-state index contributed by atoms with van der Waals surface area (Å²) < 4.78 is 25.7. The summed E-state index contributed by atoms with van der Waals surface area (Å²) in [5.74, 6) is -2.15. The van der Waals surface area contributed by atoms with Gasteiger partial charge in [-0.15, -0.1) is 0 Å². The Labute approximate surface area is 120 Å². The van der Waals surface area contributed by atoms with Crippen molar-refractivity contribution in [3.8, 4) is 0 Å². The van der Waals surface area contributed by atoms with E-state index in [0.717, 1.165) is 0 Å². The fourth-order valence-corrected chi connectivity index (χ4v) is 2.74. The van der Waals surface area contributed by atoms with Crippen LogP contribution in [0.15, 0.2) is 18.2 Å². The van der Waals surface area contributed by atoms with E-state index in [1.807, 2.05) is 0 Å². The van der Waals surface area contributed by atoms with E-state index in [4.69, 9.17) is 22.4 Å². The largest absolute Gasteiger partial charge is 0.481 e. The number of sulfonamides is 1. The molecule has 0 unspecified atom stereocenters. The lowest BCUT2D eigenvalue weighted by Crippen LogP contribution is -2.18. The Hall–Kier alpha value is -1.80. The Bertz CT molecular complexity index is 630. The average molecular weight is 321 g/mol. The van der Waals surface area contributed by atoms with E-state index in [0.29, 0.717) is 0 Å². The van der Waals surface area contributed by atoms with E-state index in [9.17, 15) is 18.0 Å². The normalized spacial score (nSPS) is 11.1. The van der Waals surface area contributed by atoms with Crippen LogP contribution in [0.4, 0.5) is 5.69 Å². The van der Waals surface area contributed by atoms with Crippen LogP contribution in [0.25, 0.3) is 0 Å². The van der Waals surface area contributed by atoms with E-state index in [1.54, 1.807) is 0 Å². The SMILES string of the molecule is NC(=O)c1ccc(Cl)c(NS(=O)(=O)CCCC(=O)O)c1. The number of primary amides is 1. The molecule has 0 aliphatic carbocycles. The van der Waals surface area contributed by atoms with Gasteiger partial charge in [0.2, 0.25) is 15.9 Å². The maximum absolute atomic E-state index is 11.7. The van der Waals surface area contributed by atoms with Crippen LogP contribution in [0.3, 0.4) is 0 Å². The van der Waals surface area contributed by atoms with Crippen molar-refractivity contribution in [1.29, 1.82) is 0 Å². The van der Waals surface area contributed by atoms with Crippen LogP contribution in [-0.2, 0) is 14.8 Å². The van der Waals surface area contributed by atoms with Gasteiger partial charge in [-0.2, -0.15) is 0 Å². The van der Waals surface area contributed by atoms with E-state index >= 15 is 0 Å². The monoisotopic (exact) mass is 320 g/mol. The number of rotatable bonds is 7. The number of carbonyl (C=O) groups excluding carboxylic acids is 1. The summed E-state index contributed by atoms with van der Waals surface area (Å²) in [4.78, 5) is 21.3. The lowest BCUT2D eigenvalue weighted by atomic mass is 10.2. The molecule has 1 amide bonds. The third kappa shape index (κ3) is 5.06. The minimum Gasteiger partial charge on any atom is -0.481 e. The van der Waals surface area contributed by atoms with Crippen LogP contribution in [-0.4, -0.2) is 31.2 Å². The van der Waals surface area contributed by atoms with Gasteiger partial charge in [-0.1, -0.05) is 11.6 Å². The van der Waals surface area contributed by atoms with Crippen molar-refractivity contribution >= 4 is 39.2 Å². The maximum atomic E-state index is 11.7. The Morgan fingerprint density at radius 1 is 1.35 bits per heavy atom. The van der Waals surface area contributed by atoms with E-state index < -0.39 is 21.9 Å². The zero-order valence-corrected chi connectivity index (χ0v) is 11.9. The lowest BCUT2D eigenvalue weighted by Gasteiger charge is -2.10. The Morgan fingerprint density at radius 2 is 2.00 bits per heavy atom. The van der Waals surface area contributed by atoms with Gasteiger partial charge in [-0.25, -0.2) is 8.42 Å². The topological polar surface area (TPSA) is 127 Å². The molecular weight excluding hydrogens is 308 g/mol. The van der Waals surface area contributed by atoms with Crippen molar-refractivity contribution in [2.24, 2.45) is 5.73 Å². The lowest BCUT2D eigenvalue weighted by molar-refractivity contribution is -0.137. The van der Waals surface area contributed by atoms with Gasteiger partial charge in [0, 0.05) is 12.0 Å². The molecule has 4 N–H and O–H groups in total. The standard InChI is InChI=1S/C11H13ClN2O5S/c12-8-4-3-7(11(13)17)6-9(8)14-20(18,19)5-1-2-10(15)16/h3-4,6,14H,1-2,5H2,(H2,13,17)(H,15,16). The van der Waals surface area contributed by atoms with Crippen molar-refractivity contribution in [3.05, 3.63) is 28.8 Å². The van der Waals surface area contributed by atoms with Gasteiger partial charge in [-0.3, -0.25) is 14.3 Å². The van der Waals surface area contributed by atoms with E-state index in [1.165, 1.54) is 18.2 Å². The van der Waals surface area contributed by atoms with Crippen molar-refractivity contribution in [1.82, 2.24) is 0 Å². The Morgan fingerprint density at radius 3 is 2.55 bits per heavy atom. The summed E-state index contributed by atoms with van der Waals surface area (Å²) in [5.41, 5.74) is 5.22. The molecular formula is C11H13ClN2O5S. The highest BCUT2D eigenvalue weighted by atomic mass is 35.5. The van der Waals surface area contributed by atoms with Crippen molar-refractivity contribution < 1.29 is 23.1 Å².